The molecule has 4 rings (SSSR count). The second kappa shape index (κ2) is 9.23. The fourth-order valence-corrected chi connectivity index (χ4v) is 5.62. The Labute approximate surface area is 197 Å². The molecule has 2 heterocycles. The molecule has 0 amide bonds. The number of carboxylic acid groups (broad SMARTS) is 1. The minimum atomic E-state index is -4.37. The molecule has 0 aliphatic carbocycles. The lowest BCUT2D eigenvalue weighted by atomic mass is 10.1. The summed E-state index contributed by atoms with van der Waals surface area (Å²) >= 11 is 2.86. The summed E-state index contributed by atoms with van der Waals surface area (Å²) in [5.74, 6) is -0.121. The number of aryl methyl sites for hydroxylation is 2. The third-order valence-electron chi connectivity index (χ3n) is 5.22. The molecule has 0 spiro atoms. The Morgan fingerprint density at radius 1 is 1.15 bits per heavy atom. The minimum Gasteiger partial charge on any atom is -0.488 e. The van der Waals surface area contributed by atoms with Gasteiger partial charge in [0.25, 0.3) is 0 Å². The number of aromatic nitrogens is 1. The Kier molecular flexibility index (Phi) is 6.54. The summed E-state index contributed by atoms with van der Waals surface area (Å²) in [4.78, 5) is 18.3. The SMILES string of the molecule is Cc1ccc(OCc2sc(-c3ccc(C(F)(F)F)cc3)nc2C)c2c1SC(CC(=O)O)=CC2. The van der Waals surface area contributed by atoms with E-state index >= 15 is 0 Å². The van der Waals surface area contributed by atoms with E-state index in [0.29, 0.717) is 17.0 Å². The molecule has 9 heteroatoms. The molecule has 1 aliphatic rings. The first-order valence-corrected chi connectivity index (χ1v) is 11.7. The van der Waals surface area contributed by atoms with Gasteiger partial charge in [-0.2, -0.15) is 13.2 Å². The Morgan fingerprint density at radius 2 is 1.88 bits per heavy atom. The summed E-state index contributed by atoms with van der Waals surface area (Å²) in [7, 11) is 0. The highest BCUT2D eigenvalue weighted by Crippen LogP contribution is 2.43. The van der Waals surface area contributed by atoms with E-state index in [4.69, 9.17) is 9.84 Å². The molecule has 0 saturated heterocycles. The van der Waals surface area contributed by atoms with Gasteiger partial charge in [-0.15, -0.1) is 11.3 Å². The maximum absolute atomic E-state index is 12.8. The maximum Gasteiger partial charge on any atom is 0.416 e. The number of halogens is 3. The van der Waals surface area contributed by atoms with Gasteiger partial charge in [-0.1, -0.05) is 36.0 Å². The lowest BCUT2D eigenvalue weighted by Crippen LogP contribution is -2.05. The van der Waals surface area contributed by atoms with Crippen LogP contribution in [-0.2, 0) is 24.0 Å². The number of carbonyl (C=O) groups is 1. The van der Waals surface area contributed by atoms with Gasteiger partial charge < -0.3 is 9.84 Å². The summed E-state index contributed by atoms with van der Waals surface area (Å²) in [6, 6.07) is 8.85. The molecule has 172 valence electrons. The molecule has 33 heavy (non-hydrogen) atoms. The average molecular weight is 492 g/mol. The predicted molar refractivity (Wildman–Crippen MR) is 123 cm³/mol. The highest BCUT2D eigenvalue weighted by Gasteiger charge is 2.30. The molecule has 0 bridgehead atoms. The quantitative estimate of drug-likeness (QED) is 0.401. The molecule has 0 atom stereocenters. The first-order chi connectivity index (χ1) is 15.6. The van der Waals surface area contributed by atoms with Gasteiger partial charge in [-0.05, 0) is 48.9 Å². The van der Waals surface area contributed by atoms with E-state index in [0.717, 1.165) is 49.4 Å². The van der Waals surface area contributed by atoms with Crippen molar-refractivity contribution in [1.29, 1.82) is 0 Å². The van der Waals surface area contributed by atoms with Crippen molar-refractivity contribution >= 4 is 29.1 Å². The molecule has 1 aromatic heterocycles. The smallest absolute Gasteiger partial charge is 0.416 e. The molecular formula is C24H20F3NO3S2. The van der Waals surface area contributed by atoms with Crippen molar-refractivity contribution in [3.05, 3.63) is 74.6 Å². The van der Waals surface area contributed by atoms with Gasteiger partial charge in [0.15, 0.2) is 0 Å². The summed E-state index contributed by atoms with van der Waals surface area (Å²) in [5, 5.41) is 9.72. The van der Waals surface area contributed by atoms with Crippen LogP contribution >= 0.6 is 23.1 Å². The van der Waals surface area contributed by atoms with Gasteiger partial charge in [0.05, 0.1) is 22.6 Å². The number of thiazole rings is 1. The average Bonchev–Trinajstić information content (AvgIpc) is 3.13. The summed E-state index contributed by atoms with van der Waals surface area (Å²) in [6.45, 7) is 4.13. The molecule has 2 aromatic carbocycles. The fraction of sp³-hybridized carbons (Fsp3) is 0.250. The maximum atomic E-state index is 12.8. The molecule has 1 N–H and O–H groups in total. The van der Waals surface area contributed by atoms with E-state index in [9.17, 15) is 18.0 Å². The Hall–Kier alpha value is -2.78. The largest absolute Gasteiger partial charge is 0.488 e. The number of allylic oxidation sites excluding steroid dienone is 1. The number of alkyl halides is 3. The van der Waals surface area contributed by atoms with Gasteiger partial charge in [0.2, 0.25) is 0 Å². The second-order valence-electron chi connectivity index (χ2n) is 7.63. The molecule has 0 fully saturated rings. The number of aliphatic carboxylic acids is 1. The molecule has 3 aromatic rings. The summed E-state index contributed by atoms with van der Waals surface area (Å²) < 4.78 is 44.6. The van der Waals surface area contributed by atoms with Crippen molar-refractivity contribution in [3.8, 4) is 16.3 Å². The third kappa shape index (κ3) is 5.25. The fourth-order valence-electron chi connectivity index (χ4n) is 3.47. The van der Waals surface area contributed by atoms with E-state index in [-0.39, 0.29) is 13.0 Å². The van der Waals surface area contributed by atoms with Crippen LogP contribution in [-0.4, -0.2) is 16.1 Å². The Bertz CT molecular complexity index is 1230. The topological polar surface area (TPSA) is 59.4 Å². The number of nitrogens with zero attached hydrogens (tertiary/aromatic N) is 1. The standard InChI is InChI=1S/C24H20F3NO3S2/c1-13-3-10-19(18-9-8-17(11-21(29)30)32-22(13)18)31-12-20-14(2)28-23(33-20)15-4-6-16(7-5-15)24(25,26)27/h3-8,10H,9,11-12H2,1-2H3,(H,29,30). The third-order valence-corrected chi connectivity index (χ3v) is 7.74. The molecular weight excluding hydrogens is 471 g/mol. The van der Waals surface area contributed by atoms with Crippen molar-refractivity contribution in [1.82, 2.24) is 4.98 Å². The number of ether oxygens (including phenoxy) is 1. The number of fused-ring (bicyclic) bond motifs is 1. The van der Waals surface area contributed by atoms with Gasteiger partial charge >= 0.3 is 12.1 Å². The number of benzene rings is 2. The highest BCUT2D eigenvalue weighted by atomic mass is 32.2. The summed E-state index contributed by atoms with van der Waals surface area (Å²) in [6.07, 6.45) is -1.85. The van der Waals surface area contributed by atoms with Crippen LogP contribution in [0.1, 0.15) is 33.7 Å². The number of rotatable bonds is 6. The van der Waals surface area contributed by atoms with Crippen LogP contribution in [0.15, 0.2) is 52.3 Å². The molecule has 4 nitrogen and oxygen atoms in total. The van der Waals surface area contributed by atoms with Crippen LogP contribution in [0.3, 0.4) is 0 Å². The zero-order valence-corrected chi connectivity index (χ0v) is 19.5. The zero-order chi connectivity index (χ0) is 23.8. The number of hydrogen-bond donors (Lipinski definition) is 1. The van der Waals surface area contributed by atoms with Crippen LogP contribution in [0.4, 0.5) is 13.2 Å². The van der Waals surface area contributed by atoms with Crippen molar-refractivity contribution in [2.24, 2.45) is 0 Å². The van der Waals surface area contributed by atoms with E-state index < -0.39 is 17.7 Å². The van der Waals surface area contributed by atoms with E-state index in [1.807, 2.05) is 32.1 Å². The van der Waals surface area contributed by atoms with Gasteiger partial charge in [0, 0.05) is 16.0 Å². The van der Waals surface area contributed by atoms with Crippen molar-refractivity contribution in [2.45, 2.75) is 44.4 Å². The van der Waals surface area contributed by atoms with Crippen molar-refractivity contribution < 1.29 is 27.8 Å². The van der Waals surface area contributed by atoms with E-state index in [1.165, 1.54) is 35.2 Å². The highest BCUT2D eigenvalue weighted by molar-refractivity contribution is 8.03. The van der Waals surface area contributed by atoms with Gasteiger partial charge in [-0.3, -0.25) is 4.79 Å². The van der Waals surface area contributed by atoms with Crippen LogP contribution in [0.2, 0.25) is 0 Å². The zero-order valence-electron chi connectivity index (χ0n) is 17.8. The van der Waals surface area contributed by atoms with Crippen molar-refractivity contribution in [2.75, 3.05) is 0 Å². The van der Waals surface area contributed by atoms with Crippen LogP contribution < -0.4 is 4.74 Å². The summed E-state index contributed by atoms with van der Waals surface area (Å²) in [5.41, 5.74) is 2.80. The first kappa shape index (κ1) is 23.4. The number of hydrogen-bond acceptors (Lipinski definition) is 5. The van der Waals surface area contributed by atoms with Crippen LogP contribution in [0.5, 0.6) is 5.75 Å². The molecule has 0 saturated carbocycles. The Morgan fingerprint density at radius 3 is 2.55 bits per heavy atom. The van der Waals surface area contributed by atoms with Crippen LogP contribution in [0.25, 0.3) is 10.6 Å². The normalized spacial score (nSPS) is 13.4. The second-order valence-corrected chi connectivity index (χ2v) is 9.85. The van der Waals surface area contributed by atoms with E-state index in [2.05, 4.69) is 4.98 Å². The minimum absolute atomic E-state index is 0.00141. The monoisotopic (exact) mass is 491 g/mol. The van der Waals surface area contributed by atoms with E-state index in [1.54, 1.807) is 0 Å². The Balaban J connectivity index is 1.51. The lowest BCUT2D eigenvalue weighted by Gasteiger charge is -2.21. The van der Waals surface area contributed by atoms with Gasteiger partial charge in [0.1, 0.15) is 17.4 Å². The molecule has 0 radical (unpaired) electrons. The van der Waals surface area contributed by atoms with Crippen LogP contribution in [0, 0.1) is 13.8 Å². The predicted octanol–water partition coefficient (Wildman–Crippen LogP) is 7.03. The van der Waals surface area contributed by atoms with Crippen molar-refractivity contribution in [3.63, 3.8) is 0 Å². The number of carboxylic acids is 1. The van der Waals surface area contributed by atoms with Gasteiger partial charge in [-0.25, -0.2) is 4.98 Å². The lowest BCUT2D eigenvalue weighted by molar-refractivity contribution is -0.138. The molecule has 0 unspecified atom stereocenters. The first-order valence-electron chi connectivity index (χ1n) is 10.1. The molecule has 1 aliphatic heterocycles. The number of thioether (sulfide) groups is 1.